The molecule has 0 aromatic rings. The van der Waals surface area contributed by atoms with Gasteiger partial charge < -0.3 is 0 Å². The zero-order chi connectivity index (χ0) is 24.1. The van der Waals surface area contributed by atoms with Gasteiger partial charge in [-0.25, -0.2) is 37.1 Å². The molecule has 14 heteroatoms. The molecule has 0 amide bonds. The van der Waals surface area contributed by atoms with Crippen LogP contribution in [-0.4, -0.2) is 55.1 Å². The van der Waals surface area contributed by atoms with Crippen molar-refractivity contribution in [3.8, 4) is 0 Å². The molecule has 0 fully saturated rings. The largest absolute Gasteiger partial charge is 0.532 e. The lowest BCUT2D eigenvalue weighted by atomic mass is 10.5. The number of hydrazine groups is 6. The molecule has 0 aromatic heterocycles. The third-order valence-corrected chi connectivity index (χ3v) is 4.67. The summed E-state index contributed by atoms with van der Waals surface area (Å²) in [7, 11) is -4.23. The van der Waals surface area contributed by atoms with Crippen LogP contribution in [0.3, 0.4) is 0 Å². The molecule has 32 heavy (non-hydrogen) atoms. The predicted octanol–water partition coefficient (Wildman–Crippen LogP) is 2.28. The third-order valence-electron chi connectivity index (χ3n) is 3.58. The van der Waals surface area contributed by atoms with E-state index in [4.69, 9.17) is 13.9 Å². The first-order valence-corrected chi connectivity index (χ1v) is 13.4. The van der Waals surface area contributed by atoms with E-state index in [0.29, 0.717) is 39.3 Å². The smallest absolute Gasteiger partial charge is 0.223 e. The second kappa shape index (κ2) is 21.3. The van der Waals surface area contributed by atoms with Gasteiger partial charge >= 0.3 is 7.82 Å². The third kappa shape index (κ3) is 16.4. The highest BCUT2D eigenvalue weighted by molar-refractivity contribution is 7.48. The van der Waals surface area contributed by atoms with Gasteiger partial charge in [-0.15, -0.1) is 0 Å². The van der Waals surface area contributed by atoms with E-state index >= 15 is 0 Å². The second-order valence-corrected chi connectivity index (χ2v) is 8.41. The van der Waals surface area contributed by atoms with Crippen molar-refractivity contribution in [2.24, 2.45) is 0 Å². The van der Waals surface area contributed by atoms with Crippen LogP contribution in [0.25, 0.3) is 0 Å². The maximum atomic E-state index is 13.8. The lowest BCUT2D eigenvalue weighted by Gasteiger charge is -2.32. The molecular weight excluding hydrogens is 437 g/mol. The van der Waals surface area contributed by atoms with Gasteiger partial charge in [0.2, 0.25) is 0 Å². The molecule has 0 spiro atoms. The number of hydrogen-bond donors (Lipinski definition) is 6. The van der Waals surface area contributed by atoms with Crippen LogP contribution in [0, 0.1) is 0 Å². The first kappa shape index (κ1) is 31.8. The standard InChI is InChI=1S/C18H48N9O4P/c1-7-13-19-25(20-14-8-2)29-32(28,30-26(21-15-9-3)22-16-10-4)31-27(23-17-11-5)24-18-12-6/h19-24H,7-18H2,1-6H3. The van der Waals surface area contributed by atoms with Crippen LogP contribution in [0.2, 0.25) is 0 Å². The van der Waals surface area contributed by atoms with E-state index in [-0.39, 0.29) is 0 Å². The van der Waals surface area contributed by atoms with Gasteiger partial charge in [0.15, 0.2) is 0 Å². The fourth-order valence-electron chi connectivity index (χ4n) is 1.97. The topological polar surface area (TPSA) is 127 Å². The zero-order valence-corrected chi connectivity index (χ0v) is 21.8. The quantitative estimate of drug-likeness (QED) is 0.0885. The molecule has 0 radical (unpaired) electrons. The molecular formula is C18H48N9O4P. The average Bonchev–Trinajstić information content (AvgIpc) is 2.79. The van der Waals surface area contributed by atoms with Crippen molar-refractivity contribution in [2.45, 2.75) is 80.1 Å². The van der Waals surface area contributed by atoms with Gasteiger partial charge in [0.25, 0.3) is 0 Å². The van der Waals surface area contributed by atoms with Gasteiger partial charge in [-0.3, -0.25) is 0 Å². The highest BCUT2D eigenvalue weighted by Crippen LogP contribution is 2.50. The summed E-state index contributed by atoms with van der Waals surface area (Å²) >= 11 is 0. The number of nitrogens with zero attached hydrogens (tertiary/aromatic N) is 3. The Kier molecular flexibility index (Phi) is 21.1. The molecule has 0 unspecified atom stereocenters. The molecule has 6 N–H and O–H groups in total. The average molecular weight is 486 g/mol. The zero-order valence-electron chi connectivity index (χ0n) is 20.9. The van der Waals surface area contributed by atoms with Crippen molar-refractivity contribution in [2.75, 3.05) is 39.3 Å². The summed E-state index contributed by atoms with van der Waals surface area (Å²) < 4.78 is 30.9. The molecule has 13 nitrogen and oxygen atoms in total. The van der Waals surface area contributed by atoms with Crippen molar-refractivity contribution in [3.05, 3.63) is 0 Å². The van der Waals surface area contributed by atoms with Crippen LogP contribution >= 0.6 is 7.82 Å². The Labute approximate surface area is 194 Å². The van der Waals surface area contributed by atoms with E-state index in [9.17, 15) is 4.57 Å². The van der Waals surface area contributed by atoms with Crippen molar-refractivity contribution in [1.29, 1.82) is 0 Å². The second-order valence-electron chi connectivity index (χ2n) is 7.02. The molecule has 0 saturated heterocycles. The minimum atomic E-state index is -4.23. The maximum Gasteiger partial charge on any atom is 0.532 e. The Morgan fingerprint density at radius 2 is 0.656 bits per heavy atom. The Balaban J connectivity index is 5.60. The summed E-state index contributed by atoms with van der Waals surface area (Å²) in [6.07, 6.45) is 5.11. The number of hydrogen-bond acceptors (Lipinski definition) is 13. The van der Waals surface area contributed by atoms with E-state index in [1.54, 1.807) is 0 Å². The van der Waals surface area contributed by atoms with Crippen molar-refractivity contribution < 1.29 is 18.4 Å². The van der Waals surface area contributed by atoms with Crippen molar-refractivity contribution >= 4 is 7.82 Å². The molecule has 0 aliphatic rings. The van der Waals surface area contributed by atoms with Crippen LogP contribution in [0.15, 0.2) is 0 Å². The first-order valence-electron chi connectivity index (χ1n) is 12.0. The minimum Gasteiger partial charge on any atom is -0.223 e. The summed E-state index contributed by atoms with van der Waals surface area (Å²) in [6, 6.07) is 0. The van der Waals surface area contributed by atoms with Gasteiger partial charge in [0.1, 0.15) is 0 Å². The molecule has 0 bridgehead atoms. The Morgan fingerprint density at radius 3 is 0.812 bits per heavy atom. The number of nitrogens with one attached hydrogen (secondary N) is 6. The Morgan fingerprint density at radius 1 is 0.469 bits per heavy atom. The molecule has 0 aromatic carbocycles. The molecule has 0 saturated carbocycles. The first-order chi connectivity index (χ1) is 15.5. The van der Waals surface area contributed by atoms with E-state index in [1.165, 1.54) is 15.8 Å². The summed E-state index contributed by atoms with van der Waals surface area (Å²) in [5, 5.41) is 3.59. The van der Waals surface area contributed by atoms with Gasteiger partial charge in [-0.05, 0) is 54.4 Å². The van der Waals surface area contributed by atoms with Gasteiger partial charge in [0.05, 0.1) is 0 Å². The normalized spacial score (nSPS) is 12.5. The molecule has 0 heterocycles. The molecule has 0 rings (SSSR count). The lowest BCUT2D eigenvalue weighted by Crippen LogP contribution is -2.53. The van der Waals surface area contributed by atoms with Crippen molar-refractivity contribution in [1.82, 2.24) is 48.4 Å². The van der Waals surface area contributed by atoms with Crippen LogP contribution in [0.5, 0.6) is 0 Å². The van der Waals surface area contributed by atoms with E-state index < -0.39 is 7.82 Å². The summed E-state index contributed by atoms with van der Waals surface area (Å²) in [5.41, 5.74) is 18.2. The Bertz CT molecular complexity index is 382. The Hall–Kier alpha value is -0.250. The van der Waals surface area contributed by atoms with Crippen LogP contribution in [0.1, 0.15) is 80.1 Å². The molecule has 0 aliphatic carbocycles. The SMILES string of the molecule is CCCNN(NCCC)OP(=O)(ON(NCCC)NCCC)ON(NCCC)NCCC. The lowest BCUT2D eigenvalue weighted by molar-refractivity contribution is -0.257. The van der Waals surface area contributed by atoms with E-state index in [2.05, 4.69) is 32.6 Å². The number of rotatable bonds is 24. The van der Waals surface area contributed by atoms with E-state index in [0.717, 1.165) is 38.5 Å². The fourth-order valence-corrected chi connectivity index (χ4v) is 3.00. The minimum absolute atomic E-state index is 0.606. The summed E-state index contributed by atoms with van der Waals surface area (Å²) in [6.45, 7) is 15.8. The number of phosphoric acid groups is 1. The fraction of sp³-hybridized carbons (Fsp3) is 1.00. The van der Waals surface area contributed by atoms with Gasteiger partial charge in [-0.1, -0.05) is 41.5 Å². The van der Waals surface area contributed by atoms with Crippen molar-refractivity contribution in [3.63, 3.8) is 0 Å². The monoisotopic (exact) mass is 485 g/mol. The predicted molar refractivity (Wildman–Crippen MR) is 126 cm³/mol. The summed E-state index contributed by atoms with van der Waals surface area (Å²) in [4.78, 5) is 0. The van der Waals surface area contributed by atoms with Gasteiger partial charge in [-0.2, -0.15) is 13.9 Å². The highest BCUT2D eigenvalue weighted by Gasteiger charge is 2.38. The molecule has 194 valence electrons. The highest BCUT2D eigenvalue weighted by atomic mass is 31.2. The molecule has 0 atom stereocenters. The van der Waals surface area contributed by atoms with E-state index in [1.807, 2.05) is 41.5 Å². The van der Waals surface area contributed by atoms with Crippen LogP contribution in [-0.2, 0) is 18.4 Å². The van der Waals surface area contributed by atoms with Gasteiger partial charge in [0, 0.05) is 39.3 Å². The van der Waals surface area contributed by atoms with Crippen LogP contribution in [0.4, 0.5) is 0 Å². The maximum absolute atomic E-state index is 13.8. The molecule has 0 aliphatic heterocycles. The summed E-state index contributed by atoms with van der Waals surface area (Å²) in [5.74, 6) is 0. The van der Waals surface area contributed by atoms with Crippen LogP contribution < -0.4 is 32.6 Å².